The summed E-state index contributed by atoms with van der Waals surface area (Å²) >= 11 is 0. The van der Waals surface area contributed by atoms with E-state index in [1.165, 1.54) is 12.1 Å². The minimum Gasteiger partial charge on any atom is -0.390 e. The van der Waals surface area contributed by atoms with Gasteiger partial charge >= 0.3 is 0 Å². The van der Waals surface area contributed by atoms with Gasteiger partial charge in [-0.25, -0.2) is 12.8 Å². The van der Waals surface area contributed by atoms with Crippen molar-refractivity contribution in [2.24, 2.45) is 5.92 Å². The van der Waals surface area contributed by atoms with E-state index >= 15 is 0 Å². The van der Waals surface area contributed by atoms with E-state index in [4.69, 9.17) is 0 Å². The standard InChI is InChI=1S/C20H28FN5O4S/c21-16-3-1-14(2-4-16)10-22-18-9-15(19(27)20(18)28)11-26-13-17(23-24-26)12-25-5-7-31(29,30)8-6-25/h1-4,13,15,18-20,22,27-28H,5-12H2. The quantitative estimate of drug-likeness (QED) is 0.516. The van der Waals surface area contributed by atoms with Crippen LogP contribution >= 0.6 is 0 Å². The Balaban J connectivity index is 1.28. The lowest BCUT2D eigenvalue weighted by molar-refractivity contribution is 0.00722. The molecule has 9 nitrogen and oxygen atoms in total. The van der Waals surface area contributed by atoms with E-state index in [0.29, 0.717) is 39.1 Å². The average molecular weight is 454 g/mol. The van der Waals surface area contributed by atoms with Crippen molar-refractivity contribution in [1.29, 1.82) is 0 Å². The van der Waals surface area contributed by atoms with Crippen molar-refractivity contribution in [2.75, 3.05) is 24.6 Å². The summed E-state index contributed by atoms with van der Waals surface area (Å²) in [6.07, 6.45) is 0.596. The second-order valence-corrected chi connectivity index (χ2v) is 10.8. The molecule has 31 heavy (non-hydrogen) atoms. The molecule has 1 saturated heterocycles. The van der Waals surface area contributed by atoms with Gasteiger partial charge in [-0.15, -0.1) is 5.10 Å². The van der Waals surface area contributed by atoms with Gasteiger partial charge in [-0.2, -0.15) is 0 Å². The summed E-state index contributed by atoms with van der Waals surface area (Å²) in [6.45, 7) is 2.41. The second-order valence-electron chi connectivity index (χ2n) is 8.45. The van der Waals surface area contributed by atoms with Crippen LogP contribution in [0.15, 0.2) is 30.5 Å². The van der Waals surface area contributed by atoms with Gasteiger partial charge in [0.25, 0.3) is 0 Å². The molecule has 3 N–H and O–H groups in total. The van der Waals surface area contributed by atoms with Gasteiger partial charge in [0.2, 0.25) is 0 Å². The molecule has 2 fully saturated rings. The van der Waals surface area contributed by atoms with Crippen molar-refractivity contribution in [3.8, 4) is 0 Å². The second kappa shape index (κ2) is 9.29. The molecule has 1 aromatic carbocycles. The summed E-state index contributed by atoms with van der Waals surface area (Å²) in [7, 11) is -2.92. The molecule has 2 heterocycles. The molecule has 1 aromatic heterocycles. The number of aliphatic hydroxyl groups excluding tert-OH is 2. The monoisotopic (exact) mass is 453 g/mol. The highest BCUT2D eigenvalue weighted by molar-refractivity contribution is 7.91. The van der Waals surface area contributed by atoms with Crippen LogP contribution in [0.3, 0.4) is 0 Å². The first-order valence-electron chi connectivity index (χ1n) is 10.4. The highest BCUT2D eigenvalue weighted by Crippen LogP contribution is 2.28. The largest absolute Gasteiger partial charge is 0.390 e. The van der Waals surface area contributed by atoms with Crippen LogP contribution in [0, 0.1) is 11.7 Å². The molecule has 2 aliphatic rings. The van der Waals surface area contributed by atoms with Crippen LogP contribution in [-0.4, -0.2) is 81.4 Å². The number of sulfone groups is 1. The van der Waals surface area contributed by atoms with Gasteiger partial charge in [0.05, 0.1) is 29.4 Å². The lowest BCUT2D eigenvalue weighted by Gasteiger charge is -2.25. The van der Waals surface area contributed by atoms with Gasteiger partial charge in [-0.1, -0.05) is 17.3 Å². The van der Waals surface area contributed by atoms with Crippen molar-refractivity contribution in [3.05, 3.63) is 47.5 Å². The Morgan fingerprint density at radius 2 is 1.84 bits per heavy atom. The first kappa shape index (κ1) is 22.3. The number of benzene rings is 1. The molecular formula is C20H28FN5O4S. The van der Waals surface area contributed by atoms with Crippen LogP contribution in [0.25, 0.3) is 0 Å². The Kier molecular flexibility index (Phi) is 6.68. The van der Waals surface area contributed by atoms with E-state index < -0.39 is 22.0 Å². The summed E-state index contributed by atoms with van der Waals surface area (Å²) in [6, 6.07) is 5.89. The van der Waals surface area contributed by atoms with Crippen LogP contribution < -0.4 is 5.32 Å². The first-order valence-corrected chi connectivity index (χ1v) is 12.3. The predicted molar refractivity (Wildman–Crippen MR) is 111 cm³/mol. The molecule has 0 spiro atoms. The van der Waals surface area contributed by atoms with Gasteiger partial charge < -0.3 is 15.5 Å². The lowest BCUT2D eigenvalue weighted by atomic mass is 10.1. The third-order valence-corrected chi connectivity index (χ3v) is 7.72. The lowest BCUT2D eigenvalue weighted by Crippen LogP contribution is -2.39. The van der Waals surface area contributed by atoms with E-state index in [9.17, 15) is 23.0 Å². The van der Waals surface area contributed by atoms with Crippen molar-refractivity contribution >= 4 is 9.84 Å². The molecule has 4 atom stereocenters. The van der Waals surface area contributed by atoms with Gasteiger partial charge in [-0.3, -0.25) is 9.58 Å². The van der Waals surface area contributed by atoms with E-state index in [1.54, 1.807) is 16.8 Å². The van der Waals surface area contributed by atoms with Gasteiger partial charge in [0.15, 0.2) is 9.84 Å². The van der Waals surface area contributed by atoms with Crippen molar-refractivity contribution in [1.82, 2.24) is 25.2 Å². The number of hydrogen-bond donors (Lipinski definition) is 3. The number of aliphatic hydroxyl groups is 2. The highest BCUT2D eigenvalue weighted by Gasteiger charge is 2.41. The summed E-state index contributed by atoms with van der Waals surface area (Å²) in [4.78, 5) is 2.04. The molecule has 0 amide bonds. The first-order chi connectivity index (χ1) is 14.8. The SMILES string of the molecule is O=S1(=O)CCN(Cc2cn(CC3CC(NCc4ccc(F)cc4)C(O)C3O)nn2)CC1. The minimum absolute atomic E-state index is 0.166. The maximum Gasteiger partial charge on any atom is 0.152 e. The van der Waals surface area contributed by atoms with Crippen molar-refractivity contribution < 1.29 is 23.0 Å². The molecule has 4 unspecified atom stereocenters. The zero-order valence-corrected chi connectivity index (χ0v) is 18.0. The molecule has 1 saturated carbocycles. The van der Waals surface area contributed by atoms with Crippen LogP contribution in [0.5, 0.6) is 0 Å². The molecule has 11 heteroatoms. The normalized spacial score (nSPS) is 28.7. The Morgan fingerprint density at radius 3 is 2.55 bits per heavy atom. The summed E-state index contributed by atoms with van der Waals surface area (Å²) < 4.78 is 37.8. The topological polar surface area (TPSA) is 121 Å². The molecule has 4 rings (SSSR count). The Bertz CT molecular complexity index is 970. The molecule has 2 aromatic rings. The number of nitrogens with one attached hydrogen (secondary N) is 1. The zero-order chi connectivity index (χ0) is 22.0. The van der Waals surface area contributed by atoms with Crippen molar-refractivity contribution in [3.63, 3.8) is 0 Å². The van der Waals surface area contributed by atoms with E-state index in [-0.39, 0.29) is 29.3 Å². The fraction of sp³-hybridized carbons (Fsp3) is 0.600. The molecule has 170 valence electrons. The highest BCUT2D eigenvalue weighted by atomic mass is 32.2. The van der Waals surface area contributed by atoms with E-state index in [2.05, 4.69) is 15.6 Å². The molecule has 0 bridgehead atoms. The smallest absolute Gasteiger partial charge is 0.152 e. The fourth-order valence-electron chi connectivity index (χ4n) is 4.24. The minimum atomic E-state index is -2.92. The molecule has 1 aliphatic heterocycles. The van der Waals surface area contributed by atoms with Crippen LogP contribution in [0.2, 0.25) is 0 Å². The number of rotatable bonds is 7. The number of halogens is 1. The Morgan fingerprint density at radius 1 is 1.13 bits per heavy atom. The third kappa shape index (κ3) is 5.66. The number of hydrogen-bond acceptors (Lipinski definition) is 8. The maximum atomic E-state index is 13.0. The third-order valence-electron chi connectivity index (χ3n) is 6.11. The zero-order valence-electron chi connectivity index (χ0n) is 17.1. The Hall–Kier alpha value is -1.92. The van der Waals surface area contributed by atoms with E-state index in [1.807, 2.05) is 11.1 Å². The van der Waals surface area contributed by atoms with Crippen LogP contribution in [-0.2, 0) is 29.5 Å². The Labute approximate surface area is 180 Å². The number of nitrogens with zero attached hydrogens (tertiary/aromatic N) is 4. The summed E-state index contributed by atoms with van der Waals surface area (Å²) in [5.74, 6) is -0.146. The predicted octanol–water partition coefficient (Wildman–Crippen LogP) is -0.452. The summed E-state index contributed by atoms with van der Waals surface area (Å²) in [5.41, 5.74) is 1.65. The molecular weight excluding hydrogens is 425 g/mol. The van der Waals surface area contributed by atoms with E-state index in [0.717, 1.165) is 11.3 Å². The van der Waals surface area contributed by atoms with Crippen LogP contribution in [0.1, 0.15) is 17.7 Å². The maximum absolute atomic E-state index is 13.0. The fourth-order valence-corrected chi connectivity index (χ4v) is 5.51. The average Bonchev–Trinajstić information content (AvgIpc) is 3.29. The van der Waals surface area contributed by atoms with Crippen molar-refractivity contribution in [2.45, 2.75) is 44.3 Å². The van der Waals surface area contributed by atoms with Gasteiger partial charge in [-0.05, 0) is 24.1 Å². The molecule has 1 aliphatic carbocycles. The van der Waals surface area contributed by atoms with Gasteiger partial charge in [0.1, 0.15) is 5.82 Å². The van der Waals surface area contributed by atoms with Gasteiger partial charge in [0, 0.05) is 50.9 Å². The molecule has 0 radical (unpaired) electrons. The summed E-state index contributed by atoms with van der Waals surface area (Å²) in [5, 5.41) is 32.4. The van der Waals surface area contributed by atoms with Crippen LogP contribution in [0.4, 0.5) is 4.39 Å². The number of aromatic nitrogens is 3.